The first kappa shape index (κ1) is 28.0. The van der Waals surface area contributed by atoms with Crippen molar-refractivity contribution in [3.8, 4) is 0 Å². The number of H-pyrrole nitrogens is 2. The van der Waals surface area contributed by atoms with Crippen LogP contribution in [0.3, 0.4) is 0 Å². The van der Waals surface area contributed by atoms with Crippen LogP contribution in [0, 0.1) is 5.92 Å². The smallest absolute Gasteiger partial charge is 0.326 e. The first-order chi connectivity index (χ1) is 17.0. The lowest BCUT2D eigenvalue weighted by atomic mass is 10.0. The van der Waals surface area contributed by atoms with Crippen LogP contribution in [0.5, 0.6) is 0 Å². The van der Waals surface area contributed by atoms with Gasteiger partial charge in [-0.25, -0.2) is 14.8 Å². The van der Waals surface area contributed by atoms with Crippen molar-refractivity contribution in [1.82, 2.24) is 35.9 Å². The summed E-state index contributed by atoms with van der Waals surface area (Å²) in [5.74, 6) is -4.95. The summed E-state index contributed by atoms with van der Waals surface area (Å²) in [5, 5.41) is 16.8. The number of aromatic nitrogens is 4. The number of carboxylic acid groups (broad SMARTS) is 1. The third-order valence-corrected chi connectivity index (χ3v) is 5.21. The van der Waals surface area contributed by atoms with Crippen molar-refractivity contribution >= 4 is 29.6 Å². The van der Waals surface area contributed by atoms with Crippen LogP contribution >= 0.6 is 0 Å². The molecule has 10 N–H and O–H groups in total. The predicted molar refractivity (Wildman–Crippen MR) is 125 cm³/mol. The average molecular weight is 506 g/mol. The van der Waals surface area contributed by atoms with E-state index in [0.29, 0.717) is 11.4 Å². The van der Waals surface area contributed by atoms with Gasteiger partial charge in [0, 0.05) is 36.6 Å². The molecule has 36 heavy (non-hydrogen) atoms. The second-order valence-electron chi connectivity index (χ2n) is 8.53. The van der Waals surface area contributed by atoms with E-state index in [0.717, 1.165) is 0 Å². The Balaban J connectivity index is 2.08. The van der Waals surface area contributed by atoms with E-state index in [-0.39, 0.29) is 12.8 Å². The molecule has 4 atom stereocenters. The van der Waals surface area contributed by atoms with Gasteiger partial charge in [-0.3, -0.25) is 19.2 Å². The van der Waals surface area contributed by atoms with E-state index in [9.17, 15) is 29.1 Å². The minimum absolute atomic E-state index is 0.0611. The van der Waals surface area contributed by atoms with Gasteiger partial charge < -0.3 is 42.5 Å². The van der Waals surface area contributed by atoms with Crippen LogP contribution in [0.1, 0.15) is 31.7 Å². The summed E-state index contributed by atoms with van der Waals surface area (Å²) in [4.78, 5) is 74.8. The molecule has 0 bridgehead atoms. The summed E-state index contributed by atoms with van der Waals surface area (Å²) in [5.41, 5.74) is 12.2. The average Bonchev–Trinajstić information content (AvgIpc) is 3.49. The second-order valence-corrected chi connectivity index (χ2v) is 8.53. The van der Waals surface area contributed by atoms with Crippen molar-refractivity contribution in [2.24, 2.45) is 17.4 Å². The number of amides is 4. The zero-order valence-electron chi connectivity index (χ0n) is 19.9. The fourth-order valence-electron chi connectivity index (χ4n) is 3.28. The molecule has 2 rings (SSSR count). The number of hydrogen-bond acceptors (Lipinski definition) is 8. The summed E-state index contributed by atoms with van der Waals surface area (Å²) in [6.07, 6.45) is 5.21. The molecule has 4 amide bonds. The molecule has 0 aromatic carbocycles. The minimum atomic E-state index is -1.41. The van der Waals surface area contributed by atoms with Gasteiger partial charge in [0.25, 0.3) is 0 Å². The number of carbonyl (C=O) groups is 5. The number of hydrogen-bond donors (Lipinski definition) is 8. The van der Waals surface area contributed by atoms with Crippen molar-refractivity contribution in [3.63, 3.8) is 0 Å². The first-order valence-electron chi connectivity index (χ1n) is 11.1. The number of primary amides is 1. The third-order valence-electron chi connectivity index (χ3n) is 5.21. The van der Waals surface area contributed by atoms with E-state index in [1.165, 1.54) is 25.0 Å². The molecule has 196 valence electrons. The quantitative estimate of drug-likeness (QED) is 0.133. The Morgan fingerprint density at radius 3 is 1.92 bits per heavy atom. The van der Waals surface area contributed by atoms with Crippen LogP contribution in [0.2, 0.25) is 0 Å². The molecule has 15 nitrogen and oxygen atoms in total. The van der Waals surface area contributed by atoms with E-state index >= 15 is 0 Å². The zero-order chi connectivity index (χ0) is 26.8. The zero-order valence-corrected chi connectivity index (χ0v) is 19.9. The van der Waals surface area contributed by atoms with Gasteiger partial charge in [-0.05, 0) is 5.92 Å². The lowest BCUT2D eigenvalue weighted by Crippen LogP contribution is -2.59. The number of imidazole rings is 2. The molecule has 2 aromatic rings. The van der Waals surface area contributed by atoms with Crippen LogP contribution in [-0.2, 0) is 36.8 Å². The van der Waals surface area contributed by atoms with Crippen LogP contribution in [0.25, 0.3) is 0 Å². The fourth-order valence-corrected chi connectivity index (χ4v) is 3.28. The molecule has 2 aromatic heterocycles. The third kappa shape index (κ3) is 8.50. The number of carbonyl (C=O) groups excluding carboxylic acids is 4. The summed E-state index contributed by atoms with van der Waals surface area (Å²) >= 11 is 0. The highest BCUT2D eigenvalue weighted by molar-refractivity contribution is 5.96. The number of aromatic amines is 2. The largest absolute Gasteiger partial charge is 0.480 e. The predicted octanol–water partition coefficient (Wildman–Crippen LogP) is -2.68. The molecule has 2 heterocycles. The van der Waals surface area contributed by atoms with Gasteiger partial charge in [-0.1, -0.05) is 13.8 Å². The molecule has 0 fully saturated rings. The maximum absolute atomic E-state index is 12.9. The van der Waals surface area contributed by atoms with Gasteiger partial charge in [0.15, 0.2) is 0 Å². The van der Waals surface area contributed by atoms with Gasteiger partial charge in [0.05, 0.1) is 25.1 Å². The van der Waals surface area contributed by atoms with Crippen molar-refractivity contribution < 1.29 is 29.1 Å². The van der Waals surface area contributed by atoms with E-state index in [2.05, 4.69) is 35.9 Å². The molecule has 0 aliphatic carbocycles. The lowest BCUT2D eigenvalue weighted by Gasteiger charge is -2.26. The molecule has 0 saturated carbocycles. The lowest BCUT2D eigenvalue weighted by molar-refractivity contribution is -0.142. The molecule has 0 spiro atoms. The fraction of sp³-hybridized carbons (Fsp3) is 0.476. The summed E-state index contributed by atoms with van der Waals surface area (Å²) in [7, 11) is 0. The van der Waals surface area contributed by atoms with Crippen LogP contribution in [0.4, 0.5) is 0 Å². The maximum Gasteiger partial charge on any atom is 0.326 e. The highest BCUT2D eigenvalue weighted by Crippen LogP contribution is 2.07. The number of nitrogens with two attached hydrogens (primary N) is 2. The standard InChI is InChI=1S/C21H31N9O6/c1-10(2)17(20(34)29-15(21(35)36)4-12-7-25-9-27-12)30-19(33)14(5-16(23)31)28-18(32)13(22)3-11-6-24-8-26-11/h6-10,13-15,17H,3-5,22H2,1-2H3,(H2,23,31)(H,24,26)(H,25,27)(H,28,32)(H,29,34)(H,30,33)(H,35,36). The molecular formula is C21H31N9O6. The van der Waals surface area contributed by atoms with Crippen molar-refractivity contribution in [1.29, 1.82) is 0 Å². The van der Waals surface area contributed by atoms with Gasteiger partial charge in [0.1, 0.15) is 18.1 Å². The first-order valence-corrected chi connectivity index (χ1v) is 11.1. The Kier molecular flexibility index (Phi) is 10.1. The molecular weight excluding hydrogens is 474 g/mol. The molecule has 15 heteroatoms. The summed E-state index contributed by atoms with van der Waals surface area (Å²) in [6.45, 7) is 3.27. The Hall–Kier alpha value is -4.27. The number of rotatable bonds is 14. The Bertz CT molecular complexity index is 1040. The van der Waals surface area contributed by atoms with Crippen molar-refractivity contribution in [3.05, 3.63) is 36.4 Å². The molecule has 0 aliphatic heterocycles. The van der Waals surface area contributed by atoms with E-state index in [1.807, 2.05) is 0 Å². The van der Waals surface area contributed by atoms with E-state index in [4.69, 9.17) is 11.5 Å². The molecule has 0 radical (unpaired) electrons. The molecule has 0 aliphatic rings. The Morgan fingerprint density at radius 2 is 1.44 bits per heavy atom. The second kappa shape index (κ2) is 13.0. The van der Waals surface area contributed by atoms with Gasteiger partial charge in [0.2, 0.25) is 23.6 Å². The van der Waals surface area contributed by atoms with Crippen LogP contribution < -0.4 is 27.4 Å². The Labute approximate surface area is 206 Å². The van der Waals surface area contributed by atoms with Gasteiger partial charge in [-0.15, -0.1) is 0 Å². The van der Waals surface area contributed by atoms with Gasteiger partial charge >= 0.3 is 5.97 Å². The summed E-state index contributed by atoms with van der Waals surface area (Å²) < 4.78 is 0. The molecule has 0 saturated heterocycles. The number of nitrogens with one attached hydrogen (secondary N) is 5. The number of carboxylic acids is 1. The summed E-state index contributed by atoms with van der Waals surface area (Å²) in [6, 6.07) is -4.93. The highest BCUT2D eigenvalue weighted by Gasteiger charge is 2.32. The van der Waals surface area contributed by atoms with Crippen molar-refractivity contribution in [2.75, 3.05) is 0 Å². The normalized spacial score (nSPS) is 14.3. The monoisotopic (exact) mass is 505 g/mol. The maximum atomic E-state index is 12.9. The molecule has 4 unspecified atom stereocenters. The van der Waals surface area contributed by atoms with Crippen molar-refractivity contribution in [2.45, 2.75) is 57.3 Å². The van der Waals surface area contributed by atoms with E-state index in [1.54, 1.807) is 13.8 Å². The van der Waals surface area contributed by atoms with Gasteiger partial charge in [-0.2, -0.15) is 0 Å². The SMILES string of the molecule is CC(C)C(NC(=O)C(CC(N)=O)NC(=O)C(N)Cc1cnc[nH]1)C(=O)NC(Cc1cnc[nH]1)C(=O)O. The highest BCUT2D eigenvalue weighted by atomic mass is 16.4. The van der Waals surface area contributed by atoms with Crippen LogP contribution in [-0.4, -0.2) is 78.8 Å². The number of aliphatic carboxylic acids is 1. The minimum Gasteiger partial charge on any atom is -0.480 e. The number of nitrogens with zero attached hydrogens (tertiary/aromatic N) is 2. The van der Waals surface area contributed by atoms with E-state index < -0.39 is 66.1 Å². The topological polar surface area (TPSA) is 251 Å². The Morgan fingerprint density at radius 1 is 0.889 bits per heavy atom. The van der Waals surface area contributed by atoms with Crippen LogP contribution in [0.15, 0.2) is 25.0 Å².